The molecule has 0 amide bonds. The molecular weight excluding hydrogens is 352 g/mol. The van der Waals surface area contributed by atoms with Gasteiger partial charge in [0.25, 0.3) is 0 Å². The van der Waals surface area contributed by atoms with Gasteiger partial charge in [-0.25, -0.2) is 8.78 Å². The van der Waals surface area contributed by atoms with Crippen LogP contribution in [0.4, 0.5) is 8.78 Å². The van der Waals surface area contributed by atoms with Crippen LogP contribution in [0.5, 0.6) is 0 Å². The Morgan fingerprint density at radius 2 is 1.85 bits per heavy atom. The summed E-state index contributed by atoms with van der Waals surface area (Å²) in [7, 11) is 0. The highest BCUT2D eigenvalue weighted by molar-refractivity contribution is 5.23. The van der Waals surface area contributed by atoms with Crippen molar-refractivity contribution in [2.45, 2.75) is 57.2 Å². The van der Waals surface area contributed by atoms with Crippen LogP contribution < -0.4 is 11.1 Å². The molecule has 148 valence electrons. The van der Waals surface area contributed by atoms with Gasteiger partial charge in [-0.15, -0.1) is 0 Å². The first-order chi connectivity index (χ1) is 12.8. The monoisotopic (exact) mass is 379 g/mol. The van der Waals surface area contributed by atoms with Gasteiger partial charge in [-0.3, -0.25) is 0 Å². The Morgan fingerprint density at radius 3 is 2.44 bits per heavy atom. The van der Waals surface area contributed by atoms with Crippen LogP contribution in [0.15, 0.2) is 28.8 Å². The number of aliphatic hydroxyl groups excluding tert-OH is 1. The SMILES string of the molecule is CC(C)Cc1cc(C2(NC[C@@H](O)[C@@H](N)Cc3cc(F)cc(F)c3)CC2)on1. The number of nitrogens with two attached hydrogens (primary N) is 1. The van der Waals surface area contributed by atoms with Gasteiger partial charge in [0.2, 0.25) is 0 Å². The van der Waals surface area contributed by atoms with Crippen molar-refractivity contribution >= 4 is 0 Å². The average Bonchev–Trinajstić information content (AvgIpc) is 3.22. The maximum atomic E-state index is 13.3. The predicted molar refractivity (Wildman–Crippen MR) is 98.0 cm³/mol. The molecule has 0 unspecified atom stereocenters. The lowest BCUT2D eigenvalue weighted by molar-refractivity contribution is 0.133. The van der Waals surface area contributed by atoms with Crippen LogP contribution in [-0.2, 0) is 18.4 Å². The Kier molecular flexibility index (Phi) is 5.93. The van der Waals surface area contributed by atoms with Crippen molar-refractivity contribution in [3.05, 3.63) is 52.9 Å². The van der Waals surface area contributed by atoms with Crippen LogP contribution in [0, 0.1) is 17.6 Å². The van der Waals surface area contributed by atoms with E-state index in [-0.39, 0.29) is 18.5 Å². The molecule has 1 aliphatic carbocycles. The molecule has 0 saturated heterocycles. The topological polar surface area (TPSA) is 84.3 Å². The van der Waals surface area contributed by atoms with Gasteiger partial charge in [0.15, 0.2) is 5.76 Å². The molecule has 1 saturated carbocycles. The third kappa shape index (κ3) is 5.12. The first-order valence-electron chi connectivity index (χ1n) is 9.37. The number of hydrogen-bond donors (Lipinski definition) is 3. The molecule has 2 aromatic rings. The molecule has 1 aliphatic rings. The normalized spacial score (nSPS) is 17.9. The van der Waals surface area contributed by atoms with E-state index in [1.807, 2.05) is 6.07 Å². The maximum absolute atomic E-state index is 13.3. The first kappa shape index (κ1) is 19.9. The second kappa shape index (κ2) is 8.04. The van der Waals surface area contributed by atoms with Gasteiger partial charge in [0.1, 0.15) is 11.6 Å². The molecule has 0 bridgehead atoms. The molecule has 1 aromatic heterocycles. The number of aromatic nitrogens is 1. The van der Waals surface area contributed by atoms with E-state index in [0.29, 0.717) is 11.5 Å². The maximum Gasteiger partial charge on any atom is 0.157 e. The third-order valence-electron chi connectivity index (χ3n) is 4.94. The predicted octanol–water partition coefficient (Wildman–Crippen LogP) is 2.66. The Balaban J connectivity index is 1.54. The van der Waals surface area contributed by atoms with Gasteiger partial charge < -0.3 is 20.7 Å². The fourth-order valence-electron chi connectivity index (χ4n) is 3.28. The zero-order valence-electron chi connectivity index (χ0n) is 15.7. The number of nitrogens with one attached hydrogen (secondary N) is 1. The van der Waals surface area contributed by atoms with Crippen LogP contribution in [0.2, 0.25) is 0 Å². The van der Waals surface area contributed by atoms with E-state index in [9.17, 15) is 13.9 Å². The molecule has 7 heteroatoms. The standard InChI is InChI=1S/C20H27F2N3O2/c1-12(2)5-16-10-19(27-25-16)20(3-4-20)24-11-18(26)17(23)8-13-6-14(21)9-15(22)7-13/h6-7,9-10,12,17-18,24,26H,3-5,8,11,23H2,1-2H3/t17-,18+/m0/s1. The molecule has 1 heterocycles. The van der Waals surface area contributed by atoms with Crippen LogP contribution >= 0.6 is 0 Å². The summed E-state index contributed by atoms with van der Waals surface area (Å²) >= 11 is 0. The van der Waals surface area contributed by atoms with E-state index >= 15 is 0 Å². The zero-order valence-corrected chi connectivity index (χ0v) is 15.7. The summed E-state index contributed by atoms with van der Waals surface area (Å²) in [6.07, 6.45) is 2.00. The lowest BCUT2D eigenvalue weighted by Crippen LogP contribution is -2.45. The molecule has 4 N–H and O–H groups in total. The molecular formula is C20H27F2N3O2. The lowest BCUT2D eigenvalue weighted by atomic mass is 10.0. The minimum Gasteiger partial charge on any atom is -0.390 e. The number of nitrogens with zero attached hydrogens (tertiary/aromatic N) is 1. The van der Waals surface area contributed by atoms with E-state index in [4.69, 9.17) is 10.3 Å². The van der Waals surface area contributed by atoms with Gasteiger partial charge in [-0.1, -0.05) is 19.0 Å². The zero-order chi connectivity index (χ0) is 19.6. The van der Waals surface area contributed by atoms with Gasteiger partial charge >= 0.3 is 0 Å². The molecule has 0 spiro atoms. The number of benzene rings is 1. The van der Waals surface area contributed by atoms with Crippen LogP contribution in [0.1, 0.15) is 43.7 Å². The van der Waals surface area contributed by atoms with Crippen molar-refractivity contribution in [2.75, 3.05) is 6.54 Å². The fraction of sp³-hybridized carbons (Fsp3) is 0.550. The highest BCUT2D eigenvalue weighted by atomic mass is 19.1. The Bertz CT molecular complexity index is 754. The molecule has 1 aromatic carbocycles. The number of halogens is 2. The summed E-state index contributed by atoms with van der Waals surface area (Å²) in [6, 6.07) is 4.61. The largest absolute Gasteiger partial charge is 0.390 e. The molecule has 3 rings (SSSR count). The molecule has 0 aliphatic heterocycles. The summed E-state index contributed by atoms with van der Waals surface area (Å²) in [6.45, 7) is 4.52. The van der Waals surface area contributed by atoms with Gasteiger partial charge in [-0.2, -0.15) is 0 Å². The van der Waals surface area contributed by atoms with Gasteiger partial charge in [0.05, 0.1) is 17.3 Å². The molecule has 27 heavy (non-hydrogen) atoms. The molecule has 2 atom stereocenters. The quantitative estimate of drug-likeness (QED) is 0.624. The van der Waals surface area contributed by atoms with E-state index in [2.05, 4.69) is 24.3 Å². The second-order valence-corrected chi connectivity index (χ2v) is 7.96. The molecule has 5 nitrogen and oxygen atoms in total. The molecule has 0 radical (unpaired) electrons. The van der Waals surface area contributed by atoms with Gasteiger partial charge in [-0.05, 0) is 49.3 Å². The number of hydrogen-bond acceptors (Lipinski definition) is 5. The Labute approximate surface area is 157 Å². The minimum atomic E-state index is -0.855. The highest BCUT2D eigenvalue weighted by Crippen LogP contribution is 2.45. The fourth-order valence-corrected chi connectivity index (χ4v) is 3.28. The van der Waals surface area contributed by atoms with E-state index in [1.54, 1.807) is 0 Å². The highest BCUT2D eigenvalue weighted by Gasteiger charge is 2.47. The van der Waals surface area contributed by atoms with Crippen molar-refractivity contribution < 1.29 is 18.4 Å². The smallest absolute Gasteiger partial charge is 0.157 e. The minimum absolute atomic E-state index is 0.186. The van der Waals surface area contributed by atoms with Crippen molar-refractivity contribution in [3.8, 4) is 0 Å². The summed E-state index contributed by atoms with van der Waals surface area (Å²) in [4.78, 5) is 0. The third-order valence-corrected chi connectivity index (χ3v) is 4.94. The van der Waals surface area contributed by atoms with Crippen LogP contribution in [0.3, 0.4) is 0 Å². The summed E-state index contributed by atoms with van der Waals surface area (Å²) < 4.78 is 32.1. The van der Waals surface area contributed by atoms with Gasteiger partial charge in [0, 0.05) is 24.7 Å². The Hall–Kier alpha value is -1.83. The average molecular weight is 379 g/mol. The summed E-state index contributed by atoms with van der Waals surface area (Å²) in [5.41, 5.74) is 7.08. The summed E-state index contributed by atoms with van der Waals surface area (Å²) in [5, 5.41) is 17.8. The van der Waals surface area contributed by atoms with Crippen molar-refractivity contribution in [3.63, 3.8) is 0 Å². The van der Waals surface area contributed by atoms with Crippen molar-refractivity contribution in [1.29, 1.82) is 0 Å². The van der Waals surface area contributed by atoms with E-state index < -0.39 is 23.8 Å². The lowest BCUT2D eigenvalue weighted by Gasteiger charge is -2.22. The van der Waals surface area contributed by atoms with Crippen molar-refractivity contribution in [1.82, 2.24) is 10.5 Å². The second-order valence-electron chi connectivity index (χ2n) is 7.96. The van der Waals surface area contributed by atoms with Crippen molar-refractivity contribution in [2.24, 2.45) is 11.7 Å². The van der Waals surface area contributed by atoms with Crippen LogP contribution in [-0.4, -0.2) is 29.0 Å². The van der Waals surface area contributed by atoms with Crippen LogP contribution in [0.25, 0.3) is 0 Å². The van der Waals surface area contributed by atoms with E-state index in [1.165, 1.54) is 12.1 Å². The Morgan fingerprint density at radius 1 is 1.19 bits per heavy atom. The molecule has 1 fully saturated rings. The summed E-state index contributed by atoms with van der Waals surface area (Å²) in [5.74, 6) is -0.0156. The number of aliphatic hydroxyl groups is 1. The first-order valence-corrected chi connectivity index (χ1v) is 9.37. The van der Waals surface area contributed by atoms with E-state index in [0.717, 1.165) is 36.8 Å². The number of rotatable bonds is 9.